The van der Waals surface area contributed by atoms with Crippen molar-refractivity contribution in [3.63, 3.8) is 0 Å². The average Bonchev–Trinajstić information content (AvgIpc) is 2.91. The molecule has 1 aliphatic rings. The Morgan fingerprint density at radius 2 is 1.89 bits per heavy atom. The highest BCUT2D eigenvalue weighted by atomic mass is 19.1. The maximum absolute atomic E-state index is 14.2. The predicted octanol–water partition coefficient (Wildman–Crippen LogP) is 4.63. The van der Waals surface area contributed by atoms with E-state index in [9.17, 15) is 4.39 Å². The number of unbranched alkanes of at least 4 members (excludes halogenated alkanes) is 1. The molecule has 1 aromatic carbocycles. The molecule has 0 bridgehead atoms. The van der Waals surface area contributed by atoms with Gasteiger partial charge in [0.15, 0.2) is 11.6 Å². The lowest BCUT2D eigenvalue weighted by molar-refractivity contribution is 0.199. The third kappa shape index (κ3) is 3.62. The van der Waals surface area contributed by atoms with Crippen LogP contribution in [-0.2, 0) is 0 Å². The van der Waals surface area contributed by atoms with E-state index < -0.39 is 0 Å². The van der Waals surface area contributed by atoms with E-state index in [1.807, 2.05) is 6.07 Å². The molecule has 1 aromatic rings. The molecule has 0 radical (unpaired) electrons. The Balaban J connectivity index is 2.03. The molecule has 1 saturated carbocycles. The first-order valence-electron chi connectivity index (χ1n) is 7.31. The first-order chi connectivity index (χ1) is 9.22. The number of halogens is 1. The van der Waals surface area contributed by atoms with Crippen LogP contribution < -0.4 is 9.47 Å². The third-order valence-electron chi connectivity index (χ3n) is 3.65. The van der Waals surface area contributed by atoms with Crippen molar-refractivity contribution >= 4 is 0 Å². The van der Waals surface area contributed by atoms with Crippen LogP contribution in [0.15, 0.2) is 12.1 Å². The highest BCUT2D eigenvalue weighted by Gasteiger charge is 2.19. The van der Waals surface area contributed by atoms with Crippen molar-refractivity contribution in [3.8, 4) is 11.5 Å². The average molecular weight is 266 g/mol. The van der Waals surface area contributed by atoms with E-state index in [2.05, 4.69) is 6.92 Å². The highest BCUT2D eigenvalue weighted by molar-refractivity contribution is 5.41. The summed E-state index contributed by atoms with van der Waals surface area (Å²) in [6.45, 7) is 4.49. The van der Waals surface area contributed by atoms with Crippen molar-refractivity contribution in [1.29, 1.82) is 0 Å². The Bertz CT molecular complexity index is 411. The van der Waals surface area contributed by atoms with Crippen LogP contribution in [-0.4, -0.2) is 12.7 Å². The van der Waals surface area contributed by atoms with Gasteiger partial charge in [-0.3, -0.25) is 0 Å². The molecule has 0 aliphatic heterocycles. The summed E-state index contributed by atoms with van der Waals surface area (Å²) in [6, 6.07) is 3.51. The molecule has 0 saturated heterocycles. The van der Waals surface area contributed by atoms with Crippen molar-refractivity contribution in [2.24, 2.45) is 0 Å². The quantitative estimate of drug-likeness (QED) is 0.699. The van der Waals surface area contributed by atoms with E-state index in [1.54, 1.807) is 13.0 Å². The summed E-state index contributed by atoms with van der Waals surface area (Å²) in [6.07, 6.45) is 6.68. The third-order valence-corrected chi connectivity index (χ3v) is 3.65. The summed E-state index contributed by atoms with van der Waals surface area (Å²) >= 11 is 0. The van der Waals surface area contributed by atoms with Gasteiger partial charge in [-0.1, -0.05) is 13.3 Å². The zero-order valence-corrected chi connectivity index (χ0v) is 11.9. The monoisotopic (exact) mass is 266 g/mol. The Morgan fingerprint density at radius 3 is 2.58 bits per heavy atom. The summed E-state index contributed by atoms with van der Waals surface area (Å²) in [4.78, 5) is 0. The maximum atomic E-state index is 14.2. The van der Waals surface area contributed by atoms with E-state index in [0.717, 1.165) is 25.7 Å². The van der Waals surface area contributed by atoms with Crippen LogP contribution in [0.5, 0.6) is 11.5 Å². The minimum absolute atomic E-state index is 0.181. The first-order valence-corrected chi connectivity index (χ1v) is 7.31. The Hall–Kier alpha value is -1.25. The van der Waals surface area contributed by atoms with E-state index in [4.69, 9.17) is 9.47 Å². The fourth-order valence-corrected chi connectivity index (χ4v) is 2.40. The van der Waals surface area contributed by atoms with E-state index in [-0.39, 0.29) is 11.9 Å². The molecular weight excluding hydrogens is 243 g/mol. The Labute approximate surface area is 114 Å². The number of benzene rings is 1. The molecule has 0 unspecified atom stereocenters. The van der Waals surface area contributed by atoms with Gasteiger partial charge in [0.2, 0.25) is 0 Å². The largest absolute Gasteiger partial charge is 0.493 e. The summed E-state index contributed by atoms with van der Waals surface area (Å²) < 4.78 is 25.5. The minimum atomic E-state index is -0.277. The lowest BCUT2D eigenvalue weighted by Crippen LogP contribution is -2.12. The van der Waals surface area contributed by atoms with Crippen LogP contribution in [0.1, 0.15) is 51.0 Å². The van der Waals surface area contributed by atoms with Gasteiger partial charge in [-0.15, -0.1) is 0 Å². The molecule has 0 heterocycles. The van der Waals surface area contributed by atoms with E-state index >= 15 is 0 Å². The summed E-state index contributed by atoms with van der Waals surface area (Å²) in [5, 5.41) is 0. The molecule has 2 rings (SSSR count). The normalized spacial score (nSPS) is 15.7. The molecule has 0 atom stereocenters. The second kappa shape index (κ2) is 6.78. The van der Waals surface area contributed by atoms with Gasteiger partial charge in [0, 0.05) is 5.56 Å². The van der Waals surface area contributed by atoms with Gasteiger partial charge in [0.1, 0.15) is 5.75 Å². The van der Waals surface area contributed by atoms with Crippen molar-refractivity contribution < 1.29 is 13.9 Å². The minimum Gasteiger partial charge on any atom is -0.493 e. The van der Waals surface area contributed by atoms with Gasteiger partial charge in [-0.2, -0.15) is 0 Å². The van der Waals surface area contributed by atoms with Gasteiger partial charge >= 0.3 is 0 Å². The van der Waals surface area contributed by atoms with E-state index in [1.165, 1.54) is 12.8 Å². The van der Waals surface area contributed by atoms with Crippen molar-refractivity contribution in [2.45, 2.75) is 58.5 Å². The molecule has 1 fully saturated rings. The topological polar surface area (TPSA) is 18.5 Å². The van der Waals surface area contributed by atoms with Crippen LogP contribution in [0.3, 0.4) is 0 Å². The van der Waals surface area contributed by atoms with Crippen molar-refractivity contribution in [1.82, 2.24) is 0 Å². The first kappa shape index (κ1) is 14.2. The molecule has 3 heteroatoms. The van der Waals surface area contributed by atoms with E-state index in [0.29, 0.717) is 23.7 Å². The summed E-state index contributed by atoms with van der Waals surface area (Å²) in [7, 11) is 0. The molecule has 1 aliphatic carbocycles. The molecule has 0 amide bonds. The molecule has 0 spiro atoms. The van der Waals surface area contributed by atoms with Gasteiger partial charge in [0.05, 0.1) is 12.7 Å². The maximum Gasteiger partial charge on any atom is 0.171 e. The fraction of sp³-hybridized carbons (Fsp3) is 0.625. The second-order valence-electron chi connectivity index (χ2n) is 5.23. The molecule has 19 heavy (non-hydrogen) atoms. The molecular formula is C16H23FO2. The lowest BCUT2D eigenvalue weighted by atomic mass is 10.2. The van der Waals surface area contributed by atoms with Crippen molar-refractivity contribution in [2.75, 3.05) is 6.61 Å². The van der Waals surface area contributed by atoms with Gasteiger partial charge < -0.3 is 9.47 Å². The standard InChI is InChI=1S/C16H23FO2/c1-3-4-11-18-14-9-10-15(16(17)12(14)2)19-13-7-5-6-8-13/h9-10,13H,3-8,11H2,1-2H3. The molecule has 106 valence electrons. The van der Waals surface area contributed by atoms with Crippen LogP contribution >= 0.6 is 0 Å². The summed E-state index contributed by atoms with van der Waals surface area (Å²) in [5.74, 6) is 0.720. The zero-order valence-electron chi connectivity index (χ0n) is 11.9. The number of ether oxygens (including phenoxy) is 2. The number of rotatable bonds is 6. The van der Waals surface area contributed by atoms with Crippen LogP contribution in [0.4, 0.5) is 4.39 Å². The van der Waals surface area contributed by atoms with Gasteiger partial charge in [0.25, 0.3) is 0 Å². The lowest BCUT2D eigenvalue weighted by Gasteiger charge is -2.16. The SMILES string of the molecule is CCCCOc1ccc(OC2CCCC2)c(F)c1C. The molecule has 0 aromatic heterocycles. The summed E-state index contributed by atoms with van der Waals surface area (Å²) in [5.41, 5.74) is 0.548. The fourth-order valence-electron chi connectivity index (χ4n) is 2.40. The van der Waals surface area contributed by atoms with Gasteiger partial charge in [-0.05, 0) is 51.2 Å². The predicted molar refractivity (Wildman–Crippen MR) is 74.4 cm³/mol. The van der Waals surface area contributed by atoms with Crippen LogP contribution in [0.2, 0.25) is 0 Å². The zero-order chi connectivity index (χ0) is 13.7. The molecule has 2 nitrogen and oxygen atoms in total. The smallest absolute Gasteiger partial charge is 0.171 e. The molecule has 0 N–H and O–H groups in total. The number of hydrogen-bond donors (Lipinski definition) is 0. The van der Waals surface area contributed by atoms with Crippen LogP contribution in [0, 0.1) is 12.7 Å². The Kier molecular flexibility index (Phi) is 5.06. The second-order valence-corrected chi connectivity index (χ2v) is 5.23. The van der Waals surface area contributed by atoms with Crippen molar-refractivity contribution in [3.05, 3.63) is 23.5 Å². The van der Waals surface area contributed by atoms with Gasteiger partial charge in [-0.25, -0.2) is 4.39 Å². The number of hydrogen-bond acceptors (Lipinski definition) is 2. The highest BCUT2D eigenvalue weighted by Crippen LogP contribution is 2.31. The Morgan fingerprint density at radius 1 is 1.21 bits per heavy atom. The van der Waals surface area contributed by atoms with Crippen LogP contribution in [0.25, 0.3) is 0 Å².